The molecule has 26 heavy (non-hydrogen) atoms. The monoisotopic (exact) mass is 372 g/mol. The standard InChI is InChI=1S/C19H20N2O4S/c1-11-10-26-18(20-11)16(19(24)25-2)15(22)8-7-13-9-12-5-3-4-6-14(12)21-17(13)23/h3-6,10,13,16H,7-9H2,1-2H3,(H,21,23). The molecular formula is C19H20N2O4S. The van der Waals surface area contributed by atoms with Crippen LogP contribution in [0, 0.1) is 12.8 Å². The van der Waals surface area contributed by atoms with Crippen molar-refractivity contribution in [1.82, 2.24) is 4.98 Å². The molecule has 1 aromatic carbocycles. The Kier molecular flexibility index (Phi) is 5.46. The summed E-state index contributed by atoms with van der Waals surface area (Å²) >= 11 is 1.27. The van der Waals surface area contributed by atoms with E-state index in [1.54, 1.807) is 5.38 Å². The van der Waals surface area contributed by atoms with Gasteiger partial charge < -0.3 is 10.1 Å². The number of esters is 1. The summed E-state index contributed by atoms with van der Waals surface area (Å²) in [5, 5.41) is 5.12. The van der Waals surface area contributed by atoms with E-state index in [0.717, 1.165) is 16.9 Å². The second-order valence-corrected chi connectivity index (χ2v) is 7.23. The Morgan fingerprint density at radius 2 is 2.15 bits per heavy atom. The third kappa shape index (κ3) is 3.83. The number of carbonyl (C=O) groups excluding carboxylic acids is 3. The van der Waals surface area contributed by atoms with Gasteiger partial charge in [-0.3, -0.25) is 14.4 Å². The number of hydrogen-bond donors (Lipinski definition) is 1. The van der Waals surface area contributed by atoms with E-state index in [0.29, 0.717) is 17.8 Å². The number of para-hydroxylation sites is 1. The summed E-state index contributed by atoms with van der Waals surface area (Å²) in [6.45, 7) is 1.81. The van der Waals surface area contributed by atoms with Gasteiger partial charge in [0.05, 0.1) is 7.11 Å². The van der Waals surface area contributed by atoms with Crippen LogP contribution in [0.2, 0.25) is 0 Å². The quantitative estimate of drug-likeness (QED) is 0.622. The molecule has 1 amide bonds. The Bertz CT molecular complexity index is 846. The highest BCUT2D eigenvalue weighted by Crippen LogP contribution is 2.29. The molecule has 2 atom stereocenters. The summed E-state index contributed by atoms with van der Waals surface area (Å²) < 4.78 is 4.78. The number of thiazole rings is 1. The lowest BCUT2D eigenvalue weighted by molar-refractivity contribution is -0.145. The fraction of sp³-hybridized carbons (Fsp3) is 0.368. The summed E-state index contributed by atoms with van der Waals surface area (Å²) in [6, 6.07) is 7.64. The lowest BCUT2D eigenvalue weighted by Crippen LogP contribution is -2.31. The fourth-order valence-electron chi connectivity index (χ4n) is 3.10. The van der Waals surface area contributed by atoms with Crippen LogP contribution in [0.1, 0.15) is 35.0 Å². The summed E-state index contributed by atoms with van der Waals surface area (Å²) in [6.07, 6.45) is 1.10. The Hall–Kier alpha value is -2.54. The average molecular weight is 372 g/mol. The number of fused-ring (bicyclic) bond motifs is 1. The molecule has 3 rings (SSSR count). The first kappa shape index (κ1) is 18.3. The number of amides is 1. The normalized spacial score (nSPS) is 17.2. The molecule has 136 valence electrons. The van der Waals surface area contributed by atoms with E-state index in [1.165, 1.54) is 18.4 Å². The van der Waals surface area contributed by atoms with Crippen LogP contribution in [0.3, 0.4) is 0 Å². The Balaban J connectivity index is 1.69. The maximum absolute atomic E-state index is 12.7. The molecule has 1 aliphatic rings. The summed E-state index contributed by atoms with van der Waals surface area (Å²) in [4.78, 5) is 41.3. The van der Waals surface area contributed by atoms with Crippen LogP contribution in [0.15, 0.2) is 29.6 Å². The number of methoxy groups -OCH3 is 1. The lowest BCUT2D eigenvalue weighted by atomic mass is 9.87. The molecule has 0 bridgehead atoms. The van der Waals surface area contributed by atoms with Crippen molar-refractivity contribution in [3.63, 3.8) is 0 Å². The number of benzene rings is 1. The maximum atomic E-state index is 12.7. The van der Waals surface area contributed by atoms with E-state index in [1.807, 2.05) is 31.2 Å². The number of anilines is 1. The minimum Gasteiger partial charge on any atom is -0.468 e. The van der Waals surface area contributed by atoms with Crippen molar-refractivity contribution in [2.75, 3.05) is 12.4 Å². The van der Waals surface area contributed by atoms with Gasteiger partial charge in [0.15, 0.2) is 11.7 Å². The van der Waals surface area contributed by atoms with E-state index in [2.05, 4.69) is 10.3 Å². The highest BCUT2D eigenvalue weighted by molar-refractivity contribution is 7.10. The number of hydrogen-bond acceptors (Lipinski definition) is 6. The van der Waals surface area contributed by atoms with Gasteiger partial charge in [-0.2, -0.15) is 0 Å². The Labute approximate surface area is 155 Å². The van der Waals surface area contributed by atoms with Crippen LogP contribution in [0.5, 0.6) is 0 Å². The van der Waals surface area contributed by atoms with Crippen LogP contribution in [0.4, 0.5) is 5.69 Å². The molecule has 0 fully saturated rings. The van der Waals surface area contributed by atoms with Crippen LogP contribution >= 0.6 is 11.3 Å². The minimum absolute atomic E-state index is 0.0868. The molecule has 0 saturated carbocycles. The van der Waals surface area contributed by atoms with Crippen molar-refractivity contribution < 1.29 is 19.1 Å². The van der Waals surface area contributed by atoms with E-state index < -0.39 is 11.9 Å². The van der Waals surface area contributed by atoms with E-state index >= 15 is 0 Å². The summed E-state index contributed by atoms with van der Waals surface area (Å²) in [5.74, 6) is -2.26. The van der Waals surface area contributed by atoms with Crippen molar-refractivity contribution in [3.05, 3.63) is 45.9 Å². The van der Waals surface area contributed by atoms with Gasteiger partial charge in [0.25, 0.3) is 0 Å². The second kappa shape index (κ2) is 7.78. The van der Waals surface area contributed by atoms with Gasteiger partial charge in [-0.1, -0.05) is 18.2 Å². The Morgan fingerprint density at radius 3 is 2.85 bits per heavy atom. The highest BCUT2D eigenvalue weighted by Gasteiger charge is 2.33. The van der Waals surface area contributed by atoms with E-state index in [4.69, 9.17) is 4.74 Å². The zero-order chi connectivity index (χ0) is 18.7. The predicted octanol–water partition coefficient (Wildman–Crippen LogP) is 2.87. The van der Waals surface area contributed by atoms with Crippen molar-refractivity contribution in [2.45, 2.75) is 32.1 Å². The third-order valence-corrected chi connectivity index (χ3v) is 5.52. The van der Waals surface area contributed by atoms with Crippen LogP contribution in [-0.2, 0) is 25.5 Å². The maximum Gasteiger partial charge on any atom is 0.323 e. The lowest BCUT2D eigenvalue weighted by Gasteiger charge is -2.24. The Morgan fingerprint density at radius 1 is 1.38 bits per heavy atom. The van der Waals surface area contributed by atoms with E-state index in [-0.39, 0.29) is 24.0 Å². The molecule has 6 nitrogen and oxygen atoms in total. The molecule has 1 aromatic heterocycles. The molecule has 0 radical (unpaired) electrons. The third-order valence-electron chi connectivity index (χ3n) is 4.49. The zero-order valence-electron chi connectivity index (χ0n) is 14.7. The molecule has 2 aromatic rings. The van der Waals surface area contributed by atoms with Crippen molar-refractivity contribution in [3.8, 4) is 0 Å². The van der Waals surface area contributed by atoms with Crippen LogP contribution < -0.4 is 5.32 Å². The van der Waals surface area contributed by atoms with Crippen LogP contribution in [-0.4, -0.2) is 29.8 Å². The van der Waals surface area contributed by atoms with Gasteiger partial charge in [-0.25, -0.2) is 4.98 Å². The predicted molar refractivity (Wildman–Crippen MR) is 98.1 cm³/mol. The highest BCUT2D eigenvalue weighted by atomic mass is 32.1. The van der Waals surface area contributed by atoms with E-state index in [9.17, 15) is 14.4 Å². The van der Waals surface area contributed by atoms with Gasteiger partial charge in [0, 0.05) is 29.1 Å². The first-order valence-electron chi connectivity index (χ1n) is 8.41. The number of rotatable bonds is 6. The van der Waals surface area contributed by atoms with Gasteiger partial charge in [0.2, 0.25) is 5.91 Å². The summed E-state index contributed by atoms with van der Waals surface area (Å²) in [5.41, 5.74) is 2.64. The molecule has 1 aliphatic heterocycles. The van der Waals surface area contributed by atoms with Crippen molar-refractivity contribution in [2.24, 2.45) is 5.92 Å². The SMILES string of the molecule is COC(=O)C(C(=O)CCC1Cc2ccccc2NC1=O)c1nc(C)cs1. The smallest absolute Gasteiger partial charge is 0.323 e. The molecule has 0 saturated heterocycles. The molecule has 2 heterocycles. The van der Waals surface area contributed by atoms with Gasteiger partial charge in [-0.15, -0.1) is 11.3 Å². The zero-order valence-corrected chi connectivity index (χ0v) is 15.5. The fourth-order valence-corrected chi connectivity index (χ4v) is 4.00. The van der Waals surface area contributed by atoms with Crippen molar-refractivity contribution in [1.29, 1.82) is 0 Å². The minimum atomic E-state index is -1.02. The molecule has 0 spiro atoms. The summed E-state index contributed by atoms with van der Waals surface area (Å²) in [7, 11) is 1.26. The number of Topliss-reactive ketones (excluding diaryl/α,β-unsaturated/α-hetero) is 1. The average Bonchev–Trinajstić information content (AvgIpc) is 3.05. The molecule has 7 heteroatoms. The second-order valence-electron chi connectivity index (χ2n) is 6.34. The molecule has 1 N–H and O–H groups in total. The van der Waals surface area contributed by atoms with Gasteiger partial charge in [0.1, 0.15) is 5.01 Å². The molecule has 0 aliphatic carbocycles. The van der Waals surface area contributed by atoms with Crippen LogP contribution in [0.25, 0.3) is 0 Å². The first-order valence-corrected chi connectivity index (χ1v) is 9.29. The number of ether oxygens (including phenoxy) is 1. The number of nitrogens with zero attached hydrogens (tertiary/aromatic N) is 1. The topological polar surface area (TPSA) is 85.4 Å². The number of nitrogens with one attached hydrogen (secondary N) is 1. The largest absolute Gasteiger partial charge is 0.468 e. The number of aromatic nitrogens is 1. The van der Waals surface area contributed by atoms with Crippen molar-refractivity contribution >= 4 is 34.7 Å². The first-order chi connectivity index (χ1) is 12.5. The van der Waals surface area contributed by atoms with Gasteiger partial charge in [-0.05, 0) is 31.4 Å². The molecule has 2 unspecified atom stereocenters. The number of ketones is 1. The number of aryl methyl sites for hydroxylation is 1. The molecular weight excluding hydrogens is 352 g/mol. The van der Waals surface area contributed by atoms with Gasteiger partial charge >= 0.3 is 5.97 Å². The number of carbonyl (C=O) groups is 3.